The Morgan fingerprint density at radius 2 is 0.820 bits per heavy atom. The number of unbranched alkanes of at least 4 members (excludes halogenated alkanes) is 6. The second-order valence-corrected chi connectivity index (χ2v) is 22.5. The van der Waals surface area contributed by atoms with Gasteiger partial charge in [0, 0.05) is 11.1 Å². The highest BCUT2D eigenvalue weighted by atomic mass is 16.3. The molecular formula is C57H72N2O2. The summed E-state index contributed by atoms with van der Waals surface area (Å²) in [6.07, 6.45) is 27.0. The third-order valence-corrected chi connectivity index (χ3v) is 18.3. The van der Waals surface area contributed by atoms with Crippen molar-refractivity contribution in [2.75, 3.05) is 11.5 Å². The molecule has 0 aliphatic heterocycles. The summed E-state index contributed by atoms with van der Waals surface area (Å²) in [4.78, 5) is 0. The molecule has 4 heteroatoms. The maximum Gasteiger partial charge on any atom is 0.142 e. The van der Waals surface area contributed by atoms with Crippen molar-refractivity contribution in [2.24, 2.45) is 35.5 Å². The molecule has 8 bridgehead atoms. The van der Waals surface area contributed by atoms with E-state index in [0.29, 0.717) is 22.9 Å². The van der Waals surface area contributed by atoms with Crippen molar-refractivity contribution in [2.45, 2.75) is 171 Å². The van der Waals surface area contributed by atoms with Gasteiger partial charge in [-0.25, -0.2) is 0 Å². The van der Waals surface area contributed by atoms with Gasteiger partial charge in [0.15, 0.2) is 0 Å². The van der Waals surface area contributed by atoms with Crippen molar-refractivity contribution in [1.29, 1.82) is 0 Å². The van der Waals surface area contributed by atoms with E-state index in [0.717, 1.165) is 109 Å². The zero-order chi connectivity index (χ0) is 41.7. The van der Waals surface area contributed by atoms with Crippen LogP contribution in [0.3, 0.4) is 0 Å². The lowest BCUT2D eigenvalue weighted by molar-refractivity contribution is -0.00622. The van der Waals surface area contributed by atoms with Crippen LogP contribution in [0.15, 0.2) is 60.7 Å². The number of nitrogen functional groups attached to an aromatic ring is 2. The van der Waals surface area contributed by atoms with Crippen molar-refractivity contribution in [3.05, 3.63) is 105 Å². The number of nitrogens with two attached hydrogens (primary N) is 2. The van der Waals surface area contributed by atoms with E-state index in [1.807, 2.05) is 0 Å². The van der Waals surface area contributed by atoms with E-state index in [4.69, 9.17) is 11.5 Å². The zero-order valence-electron chi connectivity index (χ0n) is 37.3. The SMILES string of the molecule is CCCCCCc1ccc2c(c1)C(c1cc(N)c(O)c(C34CC5CC(CC(C5)C3)C4)c1)(c1cc(N)c(O)c(C34CC5CC(CC(C5)C3)C4)c1)c1cc(CCCCCC)ccc1-2. The summed E-state index contributed by atoms with van der Waals surface area (Å²) in [7, 11) is 0. The summed E-state index contributed by atoms with van der Waals surface area (Å²) >= 11 is 0. The van der Waals surface area contributed by atoms with E-state index in [1.165, 1.54) is 123 Å². The highest BCUT2D eigenvalue weighted by Crippen LogP contribution is 2.66. The van der Waals surface area contributed by atoms with Crippen LogP contribution in [0.2, 0.25) is 0 Å². The van der Waals surface area contributed by atoms with Crippen LogP contribution in [0, 0.1) is 35.5 Å². The Morgan fingerprint density at radius 1 is 0.459 bits per heavy atom. The summed E-state index contributed by atoms with van der Waals surface area (Å²) in [5.74, 6) is 5.06. The summed E-state index contributed by atoms with van der Waals surface area (Å²) in [6.45, 7) is 4.59. The van der Waals surface area contributed by atoms with Crippen LogP contribution in [0.5, 0.6) is 11.5 Å². The Bertz CT molecular complexity index is 2100. The molecule has 0 aromatic heterocycles. The van der Waals surface area contributed by atoms with E-state index >= 15 is 0 Å². The van der Waals surface area contributed by atoms with Crippen molar-refractivity contribution < 1.29 is 10.2 Å². The standard InChI is InChI=1S/C57H72N2O2/c1-3-5-7-9-11-35-13-15-45-46-16-14-36(12-10-8-6-4-2)24-48(46)57(47(45)23-35,43-25-49(53(60)51(58)27-43)55-29-37-17-38(30-55)19-39(18-37)31-55)44-26-50(54(61)52(59)28-44)56-32-40-20-41(33-56)22-42(21-40)34-56/h13-16,23-28,37-42,60-61H,3-12,17-22,29-34,58-59H2,1-2H3. The molecule has 13 rings (SSSR count). The Morgan fingerprint density at radius 3 is 1.16 bits per heavy atom. The van der Waals surface area contributed by atoms with E-state index in [1.54, 1.807) is 0 Å². The van der Waals surface area contributed by atoms with Gasteiger partial charge in [0.05, 0.1) is 16.8 Å². The smallest absolute Gasteiger partial charge is 0.142 e. The quantitative estimate of drug-likeness (QED) is 0.0510. The lowest BCUT2D eigenvalue weighted by Crippen LogP contribution is -2.49. The summed E-state index contributed by atoms with van der Waals surface area (Å²) in [5, 5.41) is 24.6. The Hall–Kier alpha value is -3.92. The fraction of sp³-hybridized carbons (Fsp3) is 0.579. The van der Waals surface area contributed by atoms with E-state index in [9.17, 15) is 10.2 Å². The fourth-order valence-corrected chi connectivity index (χ4v) is 16.5. The number of benzene rings is 4. The molecule has 61 heavy (non-hydrogen) atoms. The number of aryl methyl sites for hydroxylation is 2. The minimum absolute atomic E-state index is 0.0466. The van der Waals surface area contributed by atoms with Crippen LogP contribution in [0.4, 0.5) is 11.4 Å². The molecule has 4 aromatic rings. The predicted octanol–water partition coefficient (Wildman–Crippen LogP) is 13.8. The number of hydrogen-bond acceptors (Lipinski definition) is 4. The molecule has 0 atom stereocenters. The van der Waals surface area contributed by atoms with E-state index in [-0.39, 0.29) is 10.8 Å². The third-order valence-electron chi connectivity index (χ3n) is 18.3. The van der Waals surface area contributed by atoms with Gasteiger partial charge in [0.1, 0.15) is 11.5 Å². The number of fused-ring (bicyclic) bond motifs is 3. The zero-order valence-corrected chi connectivity index (χ0v) is 37.3. The van der Waals surface area contributed by atoms with Gasteiger partial charge in [-0.3, -0.25) is 0 Å². The summed E-state index contributed by atoms with van der Waals surface area (Å²) < 4.78 is 0. The molecule has 0 saturated heterocycles. The molecule has 8 fully saturated rings. The number of phenolic OH excluding ortho intramolecular Hbond substituents is 2. The minimum Gasteiger partial charge on any atom is -0.505 e. The second-order valence-electron chi connectivity index (χ2n) is 22.5. The van der Waals surface area contributed by atoms with Crippen LogP contribution in [-0.4, -0.2) is 10.2 Å². The average molecular weight is 817 g/mol. The molecule has 0 amide bonds. The highest BCUT2D eigenvalue weighted by Gasteiger charge is 2.56. The average Bonchev–Trinajstić information content (AvgIpc) is 3.51. The van der Waals surface area contributed by atoms with Crippen molar-refractivity contribution in [3.8, 4) is 22.6 Å². The van der Waals surface area contributed by atoms with Gasteiger partial charge in [0.2, 0.25) is 0 Å². The van der Waals surface area contributed by atoms with Gasteiger partial charge in [-0.1, -0.05) is 88.8 Å². The topological polar surface area (TPSA) is 92.5 Å². The van der Waals surface area contributed by atoms with Crippen LogP contribution in [-0.2, 0) is 29.1 Å². The van der Waals surface area contributed by atoms with Gasteiger partial charge in [-0.15, -0.1) is 0 Å². The van der Waals surface area contributed by atoms with Crippen molar-refractivity contribution in [1.82, 2.24) is 0 Å². The number of hydrogen-bond donors (Lipinski definition) is 4. The first-order chi connectivity index (χ1) is 29.6. The van der Waals surface area contributed by atoms with Crippen LogP contribution >= 0.6 is 0 Å². The number of rotatable bonds is 14. The normalized spacial score (nSPS) is 30.9. The molecule has 6 N–H and O–H groups in total. The second kappa shape index (κ2) is 15.1. The lowest BCUT2D eigenvalue weighted by atomic mass is 9.47. The first-order valence-corrected chi connectivity index (χ1v) is 25.2. The molecule has 8 saturated carbocycles. The van der Waals surface area contributed by atoms with Gasteiger partial charge in [0.25, 0.3) is 0 Å². The van der Waals surface area contributed by atoms with Gasteiger partial charge < -0.3 is 21.7 Å². The molecule has 9 aliphatic rings. The number of phenols is 2. The number of aromatic hydroxyl groups is 2. The van der Waals surface area contributed by atoms with Crippen LogP contribution < -0.4 is 11.5 Å². The lowest BCUT2D eigenvalue weighted by Gasteiger charge is -2.57. The molecule has 0 unspecified atom stereocenters. The molecule has 0 radical (unpaired) electrons. The summed E-state index contributed by atoms with van der Waals surface area (Å²) in [5.41, 5.74) is 27.0. The Kier molecular flexibility index (Phi) is 9.89. The molecule has 9 aliphatic carbocycles. The molecule has 4 aromatic carbocycles. The van der Waals surface area contributed by atoms with Crippen molar-refractivity contribution in [3.63, 3.8) is 0 Å². The maximum atomic E-state index is 12.3. The highest BCUT2D eigenvalue weighted by molar-refractivity contribution is 5.88. The molecular weight excluding hydrogens is 745 g/mol. The van der Waals surface area contributed by atoms with Gasteiger partial charge in [-0.05, 0) is 218 Å². The van der Waals surface area contributed by atoms with Gasteiger partial charge in [-0.2, -0.15) is 0 Å². The van der Waals surface area contributed by atoms with Crippen molar-refractivity contribution >= 4 is 11.4 Å². The van der Waals surface area contributed by atoms with E-state index < -0.39 is 5.41 Å². The minimum atomic E-state index is -0.735. The Balaban J connectivity index is 1.17. The first kappa shape index (κ1) is 39.9. The van der Waals surface area contributed by atoms with Crippen LogP contribution in [0.1, 0.15) is 187 Å². The Labute approximate surface area is 366 Å². The predicted molar refractivity (Wildman–Crippen MR) is 251 cm³/mol. The monoisotopic (exact) mass is 817 g/mol. The van der Waals surface area contributed by atoms with E-state index in [2.05, 4.69) is 74.5 Å². The maximum absolute atomic E-state index is 12.3. The number of anilines is 2. The molecule has 4 nitrogen and oxygen atoms in total. The van der Waals surface area contributed by atoms with Gasteiger partial charge >= 0.3 is 0 Å². The van der Waals surface area contributed by atoms with Crippen LogP contribution in [0.25, 0.3) is 11.1 Å². The fourth-order valence-electron chi connectivity index (χ4n) is 16.5. The molecule has 322 valence electrons. The summed E-state index contributed by atoms with van der Waals surface area (Å²) in [6, 6.07) is 23.9. The third kappa shape index (κ3) is 6.40. The largest absolute Gasteiger partial charge is 0.505 e. The molecule has 0 heterocycles. The first-order valence-electron chi connectivity index (χ1n) is 25.2. The molecule has 0 spiro atoms.